The van der Waals surface area contributed by atoms with E-state index in [-0.39, 0.29) is 12.5 Å². The molecule has 0 saturated carbocycles. The van der Waals surface area contributed by atoms with Crippen LogP contribution < -0.4 is 0 Å². The summed E-state index contributed by atoms with van der Waals surface area (Å²) in [6, 6.07) is 12.7. The molecule has 3 rings (SSSR count). The third-order valence-electron chi connectivity index (χ3n) is 6.15. The van der Waals surface area contributed by atoms with Gasteiger partial charge in [0.05, 0.1) is 19.3 Å². The minimum Gasteiger partial charge on any atom is -0.465 e. The highest BCUT2D eigenvalue weighted by Gasteiger charge is 2.52. The summed E-state index contributed by atoms with van der Waals surface area (Å²) in [4.78, 5) is 26.5. The van der Waals surface area contributed by atoms with Crippen molar-refractivity contribution in [3.8, 4) is 0 Å². The summed E-state index contributed by atoms with van der Waals surface area (Å²) < 4.78 is 33.0. The summed E-state index contributed by atoms with van der Waals surface area (Å²) in [5.41, 5.74) is 1.18. The second-order valence-corrected chi connectivity index (χ2v) is 9.88. The number of alkyl halides is 2. The zero-order valence-electron chi connectivity index (χ0n) is 19.5. The number of esters is 1. The lowest BCUT2D eigenvalue weighted by Crippen LogP contribution is -2.36. The number of aliphatic hydroxyl groups is 1. The first kappa shape index (κ1) is 26.0. The molecule has 0 radical (unpaired) electrons. The van der Waals surface area contributed by atoms with Crippen LogP contribution in [0.15, 0.2) is 54.6 Å². The number of ether oxygens (including phenoxy) is 1. The molecule has 1 N–H and O–H groups in total. The van der Waals surface area contributed by atoms with Crippen molar-refractivity contribution in [3.05, 3.63) is 69.9 Å². The number of carbonyl (C=O) groups is 2. The van der Waals surface area contributed by atoms with Crippen LogP contribution in [-0.2, 0) is 22.4 Å². The third-order valence-corrected chi connectivity index (χ3v) is 7.28. The SMILES string of the molecule is COC(=O)c1ccc(CCCN2C(=O)C(F)(F)CC2C=C[C@@H](O)[C@H](C)CCc2ccccc2)s1. The summed E-state index contributed by atoms with van der Waals surface area (Å²) in [5.74, 6) is -5.03. The summed E-state index contributed by atoms with van der Waals surface area (Å²) >= 11 is 1.30. The first-order chi connectivity index (χ1) is 16.2. The molecule has 0 aliphatic carbocycles. The maximum atomic E-state index is 14.2. The lowest BCUT2D eigenvalue weighted by Gasteiger charge is -2.22. The molecular formula is C26H31F2NO4S. The monoisotopic (exact) mass is 491 g/mol. The van der Waals surface area contributed by atoms with Gasteiger partial charge in [-0.2, -0.15) is 8.78 Å². The highest BCUT2D eigenvalue weighted by molar-refractivity contribution is 7.13. The van der Waals surface area contributed by atoms with E-state index in [0.717, 1.165) is 17.7 Å². The van der Waals surface area contributed by atoms with Crippen LogP contribution in [0.25, 0.3) is 0 Å². The molecule has 1 aromatic carbocycles. The summed E-state index contributed by atoms with van der Waals surface area (Å²) in [7, 11) is 1.32. The largest absolute Gasteiger partial charge is 0.465 e. The molecule has 5 nitrogen and oxygen atoms in total. The molecule has 1 unspecified atom stereocenters. The number of thiophene rings is 1. The molecule has 0 spiro atoms. The van der Waals surface area contributed by atoms with Gasteiger partial charge in [0.15, 0.2) is 0 Å². The van der Waals surface area contributed by atoms with Crippen molar-refractivity contribution >= 4 is 23.2 Å². The average Bonchev–Trinajstić information content (AvgIpc) is 3.39. The molecule has 1 aromatic heterocycles. The summed E-state index contributed by atoms with van der Waals surface area (Å²) in [6.45, 7) is 2.10. The van der Waals surface area contributed by atoms with Gasteiger partial charge in [0.25, 0.3) is 5.91 Å². The molecule has 8 heteroatoms. The first-order valence-corrected chi connectivity index (χ1v) is 12.3. The number of aliphatic hydroxyl groups excluding tert-OH is 1. The van der Waals surface area contributed by atoms with Gasteiger partial charge in [-0.25, -0.2) is 4.79 Å². The second kappa shape index (κ2) is 11.7. The number of rotatable bonds is 11. The molecular weight excluding hydrogens is 460 g/mol. The van der Waals surface area contributed by atoms with Gasteiger partial charge in [-0.1, -0.05) is 49.4 Å². The third kappa shape index (κ3) is 6.73. The lowest BCUT2D eigenvalue weighted by atomic mass is 9.95. The molecule has 2 heterocycles. The predicted octanol–water partition coefficient (Wildman–Crippen LogP) is 4.89. The van der Waals surface area contributed by atoms with Crippen LogP contribution in [0.1, 0.15) is 46.3 Å². The molecule has 1 saturated heterocycles. The quantitative estimate of drug-likeness (QED) is 0.359. The van der Waals surface area contributed by atoms with Crippen LogP contribution >= 0.6 is 11.3 Å². The smallest absolute Gasteiger partial charge is 0.348 e. The van der Waals surface area contributed by atoms with Crippen LogP contribution in [0.2, 0.25) is 0 Å². The Morgan fingerprint density at radius 2 is 2.00 bits per heavy atom. The minimum atomic E-state index is -3.40. The molecule has 184 valence electrons. The van der Waals surface area contributed by atoms with Crippen molar-refractivity contribution < 1.29 is 28.2 Å². The van der Waals surface area contributed by atoms with E-state index < -0.39 is 36.4 Å². The van der Waals surface area contributed by atoms with E-state index in [1.54, 1.807) is 18.2 Å². The topological polar surface area (TPSA) is 66.8 Å². The minimum absolute atomic E-state index is 0.0506. The Labute approximate surface area is 203 Å². The fourth-order valence-corrected chi connectivity index (χ4v) is 5.02. The molecule has 0 bridgehead atoms. The van der Waals surface area contributed by atoms with Crippen LogP contribution in [0.3, 0.4) is 0 Å². The number of nitrogens with zero attached hydrogens (tertiary/aromatic N) is 1. The standard InChI is InChI=1S/C26H31F2NO4S/c1-18(10-11-19-7-4-3-5-8-19)22(30)14-12-20-17-26(27,28)25(32)29(20)16-6-9-21-13-15-23(34-21)24(31)33-2/h3-5,7-8,12-15,18,20,22,30H,6,9-11,16-17H2,1-2H3/t18-,20?,22-/m1/s1. The van der Waals surface area contributed by atoms with Crippen LogP contribution in [-0.4, -0.2) is 53.6 Å². The van der Waals surface area contributed by atoms with Gasteiger partial charge in [-0.15, -0.1) is 11.3 Å². The normalized spacial score (nSPS) is 19.5. The van der Waals surface area contributed by atoms with Crippen LogP contribution in [0.4, 0.5) is 8.78 Å². The Morgan fingerprint density at radius 3 is 2.71 bits per heavy atom. The number of benzene rings is 1. The van der Waals surface area contributed by atoms with Crippen molar-refractivity contribution in [3.63, 3.8) is 0 Å². The number of hydrogen-bond donors (Lipinski definition) is 1. The number of amides is 1. The number of likely N-dealkylation sites (tertiary alicyclic amines) is 1. The second-order valence-electron chi connectivity index (χ2n) is 8.71. The Hall–Kier alpha value is -2.58. The number of methoxy groups -OCH3 is 1. The number of hydrogen-bond acceptors (Lipinski definition) is 5. The van der Waals surface area contributed by atoms with Gasteiger partial charge in [-0.05, 0) is 49.3 Å². The van der Waals surface area contributed by atoms with Crippen LogP contribution in [0, 0.1) is 5.92 Å². The number of halogens is 2. The van der Waals surface area contributed by atoms with Crippen molar-refractivity contribution in [2.45, 2.75) is 57.1 Å². The molecule has 1 amide bonds. The fraction of sp³-hybridized carbons (Fsp3) is 0.462. The summed E-state index contributed by atoms with van der Waals surface area (Å²) in [5, 5.41) is 10.5. The van der Waals surface area contributed by atoms with Crippen LogP contribution in [0.5, 0.6) is 0 Å². The zero-order chi connectivity index (χ0) is 24.7. The fourth-order valence-electron chi connectivity index (χ4n) is 4.05. The Morgan fingerprint density at radius 1 is 1.26 bits per heavy atom. The van der Waals surface area contributed by atoms with Crippen molar-refractivity contribution in [1.29, 1.82) is 0 Å². The Kier molecular flexibility index (Phi) is 8.97. The number of carbonyl (C=O) groups excluding carboxylic acids is 2. The maximum Gasteiger partial charge on any atom is 0.348 e. The van der Waals surface area contributed by atoms with Crippen molar-refractivity contribution in [2.75, 3.05) is 13.7 Å². The van der Waals surface area contributed by atoms with Gasteiger partial charge >= 0.3 is 11.9 Å². The molecule has 34 heavy (non-hydrogen) atoms. The van der Waals surface area contributed by atoms with E-state index in [4.69, 9.17) is 4.74 Å². The lowest BCUT2D eigenvalue weighted by molar-refractivity contribution is -0.148. The molecule has 1 aliphatic heterocycles. The van der Waals surface area contributed by atoms with Gasteiger partial charge in [0.1, 0.15) is 4.88 Å². The number of aryl methyl sites for hydroxylation is 2. The van der Waals surface area contributed by atoms with Gasteiger partial charge in [0.2, 0.25) is 0 Å². The highest BCUT2D eigenvalue weighted by atomic mass is 32.1. The van der Waals surface area contributed by atoms with Crippen molar-refractivity contribution in [2.24, 2.45) is 5.92 Å². The van der Waals surface area contributed by atoms with Gasteiger partial charge in [0, 0.05) is 17.8 Å². The molecule has 1 fully saturated rings. The van der Waals surface area contributed by atoms with E-state index >= 15 is 0 Å². The van der Waals surface area contributed by atoms with E-state index in [2.05, 4.69) is 0 Å². The van der Waals surface area contributed by atoms with Crippen molar-refractivity contribution in [1.82, 2.24) is 4.90 Å². The maximum absolute atomic E-state index is 14.2. The average molecular weight is 492 g/mol. The predicted molar refractivity (Wildman–Crippen MR) is 128 cm³/mol. The van der Waals surface area contributed by atoms with E-state index in [0.29, 0.717) is 17.7 Å². The summed E-state index contributed by atoms with van der Waals surface area (Å²) in [6.07, 6.45) is 4.35. The highest BCUT2D eigenvalue weighted by Crippen LogP contribution is 2.34. The Bertz CT molecular complexity index is 992. The zero-order valence-corrected chi connectivity index (χ0v) is 20.3. The molecule has 3 atom stereocenters. The van der Waals surface area contributed by atoms with E-state index in [9.17, 15) is 23.5 Å². The van der Waals surface area contributed by atoms with Gasteiger partial charge < -0.3 is 14.7 Å². The molecule has 1 aliphatic rings. The Balaban J connectivity index is 1.54. The van der Waals surface area contributed by atoms with E-state index in [1.807, 2.05) is 43.3 Å². The molecule has 2 aromatic rings. The van der Waals surface area contributed by atoms with Gasteiger partial charge in [-0.3, -0.25) is 4.79 Å². The van der Waals surface area contributed by atoms with E-state index in [1.165, 1.54) is 28.9 Å². The first-order valence-electron chi connectivity index (χ1n) is 11.5.